The molecule has 114 valence electrons. The summed E-state index contributed by atoms with van der Waals surface area (Å²) in [6.45, 7) is 1.87. The maximum atomic E-state index is 12.1. The summed E-state index contributed by atoms with van der Waals surface area (Å²) in [5.41, 5.74) is 1.85. The van der Waals surface area contributed by atoms with Crippen LogP contribution in [0.2, 0.25) is 5.02 Å². The number of nitrogens with zero attached hydrogens (tertiary/aromatic N) is 2. The fraction of sp³-hybridized carbons (Fsp3) is 0.294. The Morgan fingerprint density at radius 1 is 1.09 bits per heavy atom. The van der Waals surface area contributed by atoms with Crippen molar-refractivity contribution in [1.82, 2.24) is 10.3 Å². The van der Waals surface area contributed by atoms with Gasteiger partial charge in [0.05, 0.1) is 0 Å². The highest BCUT2D eigenvalue weighted by atomic mass is 35.5. The Hall–Kier alpha value is -2.07. The normalized spacial score (nSPS) is 15.6. The van der Waals surface area contributed by atoms with E-state index in [4.69, 9.17) is 11.6 Å². The molecule has 0 aliphatic carbocycles. The third kappa shape index (κ3) is 3.57. The predicted octanol–water partition coefficient (Wildman–Crippen LogP) is 3.13. The molecule has 1 saturated heterocycles. The summed E-state index contributed by atoms with van der Waals surface area (Å²) in [7, 11) is 0. The van der Waals surface area contributed by atoms with E-state index < -0.39 is 0 Å². The van der Waals surface area contributed by atoms with Crippen LogP contribution in [0.4, 0.5) is 5.69 Å². The number of rotatable bonds is 3. The molecule has 5 heteroatoms. The van der Waals surface area contributed by atoms with Crippen LogP contribution in [-0.2, 0) is 0 Å². The SMILES string of the molecule is O=C(NC1CCN(c2ccc(Cl)cc2)CC1)c1ccncc1. The smallest absolute Gasteiger partial charge is 0.251 e. The molecular weight excluding hydrogens is 298 g/mol. The van der Waals surface area contributed by atoms with Crippen LogP contribution in [-0.4, -0.2) is 30.0 Å². The molecule has 2 heterocycles. The molecule has 0 saturated carbocycles. The summed E-state index contributed by atoms with van der Waals surface area (Å²) in [4.78, 5) is 18.4. The Bertz CT molecular complexity index is 622. The molecular formula is C17H18ClN3O. The monoisotopic (exact) mass is 315 g/mol. The van der Waals surface area contributed by atoms with Crippen molar-refractivity contribution >= 4 is 23.2 Å². The lowest BCUT2D eigenvalue weighted by molar-refractivity contribution is 0.0931. The van der Waals surface area contributed by atoms with Gasteiger partial charge in [-0.25, -0.2) is 0 Å². The van der Waals surface area contributed by atoms with Crippen LogP contribution in [0.1, 0.15) is 23.2 Å². The van der Waals surface area contributed by atoms with Crippen molar-refractivity contribution in [3.8, 4) is 0 Å². The minimum atomic E-state index is -0.0210. The fourth-order valence-corrected chi connectivity index (χ4v) is 2.83. The molecule has 1 fully saturated rings. The molecule has 1 aliphatic heterocycles. The number of amides is 1. The second-order valence-electron chi connectivity index (χ2n) is 5.45. The number of carbonyl (C=O) groups excluding carboxylic acids is 1. The zero-order chi connectivity index (χ0) is 15.4. The van der Waals surface area contributed by atoms with E-state index in [-0.39, 0.29) is 11.9 Å². The molecule has 0 atom stereocenters. The van der Waals surface area contributed by atoms with Gasteiger partial charge in [-0.3, -0.25) is 9.78 Å². The Morgan fingerprint density at radius 3 is 2.36 bits per heavy atom. The minimum absolute atomic E-state index is 0.0210. The van der Waals surface area contributed by atoms with Crippen molar-refractivity contribution in [3.05, 3.63) is 59.4 Å². The average molecular weight is 316 g/mol. The van der Waals surface area contributed by atoms with Gasteiger partial charge in [-0.2, -0.15) is 0 Å². The molecule has 1 aromatic carbocycles. The van der Waals surface area contributed by atoms with Crippen molar-refractivity contribution in [2.24, 2.45) is 0 Å². The number of carbonyl (C=O) groups is 1. The summed E-state index contributed by atoms with van der Waals surface area (Å²) in [6, 6.07) is 11.6. The van der Waals surface area contributed by atoms with Crippen LogP contribution in [0.25, 0.3) is 0 Å². The number of hydrogen-bond donors (Lipinski definition) is 1. The van der Waals surface area contributed by atoms with E-state index in [0.717, 1.165) is 31.0 Å². The zero-order valence-corrected chi connectivity index (χ0v) is 13.0. The molecule has 1 N–H and O–H groups in total. The Morgan fingerprint density at radius 2 is 1.73 bits per heavy atom. The fourth-order valence-electron chi connectivity index (χ4n) is 2.71. The van der Waals surface area contributed by atoms with Crippen LogP contribution in [0, 0.1) is 0 Å². The first-order valence-electron chi connectivity index (χ1n) is 7.44. The molecule has 0 spiro atoms. The van der Waals surface area contributed by atoms with Gasteiger partial charge < -0.3 is 10.2 Å². The molecule has 2 aromatic rings. The van der Waals surface area contributed by atoms with Gasteiger partial charge in [0.25, 0.3) is 5.91 Å². The van der Waals surface area contributed by atoms with Gasteiger partial charge in [0.2, 0.25) is 0 Å². The number of nitrogens with one attached hydrogen (secondary N) is 1. The summed E-state index contributed by atoms with van der Waals surface area (Å²) >= 11 is 5.92. The lowest BCUT2D eigenvalue weighted by Crippen LogP contribution is -2.44. The second kappa shape index (κ2) is 6.79. The molecule has 0 unspecified atom stereocenters. The quantitative estimate of drug-likeness (QED) is 0.946. The third-order valence-corrected chi connectivity index (χ3v) is 4.22. The predicted molar refractivity (Wildman–Crippen MR) is 88.4 cm³/mol. The Labute approximate surface area is 135 Å². The molecule has 22 heavy (non-hydrogen) atoms. The first kappa shape index (κ1) is 14.9. The topological polar surface area (TPSA) is 45.2 Å². The summed E-state index contributed by atoms with van der Waals surface area (Å²) in [5, 5.41) is 3.85. The van der Waals surface area contributed by atoms with Gasteiger partial charge >= 0.3 is 0 Å². The van der Waals surface area contributed by atoms with Crippen LogP contribution < -0.4 is 10.2 Å². The van der Waals surface area contributed by atoms with Gasteiger partial charge in [0.1, 0.15) is 0 Å². The number of anilines is 1. The van der Waals surface area contributed by atoms with Crippen molar-refractivity contribution in [1.29, 1.82) is 0 Å². The van der Waals surface area contributed by atoms with E-state index in [9.17, 15) is 4.79 Å². The van der Waals surface area contributed by atoms with E-state index in [1.54, 1.807) is 24.5 Å². The molecule has 0 radical (unpaired) electrons. The standard InChI is InChI=1S/C17H18ClN3O/c18-14-1-3-16(4-2-14)21-11-7-15(8-12-21)20-17(22)13-5-9-19-10-6-13/h1-6,9-10,15H,7-8,11-12H2,(H,20,22). The third-order valence-electron chi connectivity index (χ3n) is 3.96. The number of piperidine rings is 1. The van der Waals surface area contributed by atoms with E-state index in [1.165, 1.54) is 5.69 Å². The van der Waals surface area contributed by atoms with Crippen molar-refractivity contribution < 1.29 is 4.79 Å². The van der Waals surface area contributed by atoms with Gasteiger partial charge in [0.15, 0.2) is 0 Å². The van der Waals surface area contributed by atoms with Gasteiger partial charge in [0, 0.05) is 47.8 Å². The first-order valence-corrected chi connectivity index (χ1v) is 7.81. The highest BCUT2D eigenvalue weighted by Gasteiger charge is 2.21. The van der Waals surface area contributed by atoms with E-state index in [1.807, 2.05) is 24.3 Å². The number of pyridine rings is 1. The van der Waals surface area contributed by atoms with Crippen LogP contribution >= 0.6 is 11.6 Å². The van der Waals surface area contributed by atoms with Gasteiger partial charge in [-0.1, -0.05) is 11.6 Å². The Balaban J connectivity index is 1.53. The highest BCUT2D eigenvalue weighted by molar-refractivity contribution is 6.30. The number of hydrogen-bond acceptors (Lipinski definition) is 3. The maximum Gasteiger partial charge on any atom is 0.251 e. The summed E-state index contributed by atoms with van der Waals surface area (Å²) < 4.78 is 0. The lowest BCUT2D eigenvalue weighted by Gasteiger charge is -2.34. The average Bonchev–Trinajstić information content (AvgIpc) is 2.57. The van der Waals surface area contributed by atoms with E-state index in [0.29, 0.717) is 5.56 Å². The molecule has 1 aromatic heterocycles. The number of aromatic nitrogens is 1. The number of benzene rings is 1. The molecule has 0 bridgehead atoms. The lowest BCUT2D eigenvalue weighted by atomic mass is 10.0. The van der Waals surface area contributed by atoms with Gasteiger partial charge in [-0.05, 0) is 49.2 Å². The van der Waals surface area contributed by atoms with Crippen molar-refractivity contribution in [3.63, 3.8) is 0 Å². The van der Waals surface area contributed by atoms with Crippen LogP contribution in [0.5, 0.6) is 0 Å². The molecule has 1 amide bonds. The second-order valence-corrected chi connectivity index (χ2v) is 5.88. The number of halogens is 1. The molecule has 3 rings (SSSR count). The largest absolute Gasteiger partial charge is 0.371 e. The van der Waals surface area contributed by atoms with Crippen LogP contribution in [0.3, 0.4) is 0 Å². The maximum absolute atomic E-state index is 12.1. The van der Waals surface area contributed by atoms with Crippen molar-refractivity contribution in [2.45, 2.75) is 18.9 Å². The van der Waals surface area contributed by atoms with Gasteiger partial charge in [-0.15, -0.1) is 0 Å². The minimum Gasteiger partial charge on any atom is -0.371 e. The first-order chi connectivity index (χ1) is 10.7. The molecule has 1 aliphatic rings. The van der Waals surface area contributed by atoms with Crippen molar-refractivity contribution in [2.75, 3.05) is 18.0 Å². The highest BCUT2D eigenvalue weighted by Crippen LogP contribution is 2.22. The van der Waals surface area contributed by atoms with Crippen LogP contribution in [0.15, 0.2) is 48.8 Å². The zero-order valence-electron chi connectivity index (χ0n) is 12.2. The Kier molecular flexibility index (Phi) is 4.59. The summed E-state index contributed by atoms with van der Waals surface area (Å²) in [5.74, 6) is -0.0210. The van der Waals surface area contributed by atoms with E-state index in [2.05, 4.69) is 15.2 Å². The van der Waals surface area contributed by atoms with E-state index >= 15 is 0 Å². The molecule has 4 nitrogen and oxygen atoms in total. The summed E-state index contributed by atoms with van der Waals surface area (Å²) in [6.07, 6.45) is 5.16.